The van der Waals surface area contributed by atoms with E-state index in [1.165, 1.54) is 35.1 Å². The van der Waals surface area contributed by atoms with Crippen molar-refractivity contribution < 1.29 is 9.90 Å². The van der Waals surface area contributed by atoms with E-state index < -0.39 is 5.97 Å². The number of carbonyl (C=O) groups is 1. The first-order chi connectivity index (χ1) is 15.7. The molecule has 0 fully saturated rings. The number of hydrogen-bond acceptors (Lipinski definition) is 4. The Labute approximate surface area is 200 Å². The molecule has 0 amide bonds. The Balaban J connectivity index is 1.73. The maximum atomic E-state index is 11.1. The van der Waals surface area contributed by atoms with Crippen LogP contribution in [0.2, 0.25) is 0 Å². The average molecular weight is 459 g/mol. The van der Waals surface area contributed by atoms with E-state index in [1.807, 2.05) is 18.2 Å². The Hall–Kier alpha value is -2.92. The zero-order valence-electron chi connectivity index (χ0n) is 19.6. The molecule has 0 saturated heterocycles. The van der Waals surface area contributed by atoms with Crippen LogP contribution in [0.4, 0.5) is 0 Å². The summed E-state index contributed by atoms with van der Waals surface area (Å²) in [4.78, 5) is 19.9. The fourth-order valence-corrected chi connectivity index (χ4v) is 5.19. The van der Waals surface area contributed by atoms with Crippen molar-refractivity contribution >= 4 is 29.9 Å². The quantitative estimate of drug-likeness (QED) is 0.245. The lowest BCUT2D eigenvalue weighted by atomic mass is 9.62. The van der Waals surface area contributed by atoms with Crippen LogP contribution in [0.3, 0.4) is 0 Å². The van der Waals surface area contributed by atoms with Gasteiger partial charge >= 0.3 is 5.97 Å². The standard InChI is InChI=1S/C28H30N2O2S/c1-27(2)12-13-28(3,4)24-17-22(18-33-26-29-14-5-15-30-26)21(16-23(24)27)11-8-19-6-9-20(10-7-19)25(31)32/h5-11,14-17H,12-13,18H2,1-4H3,(H,31,32). The normalized spacial score (nSPS) is 16.5. The molecular formula is C28H30N2O2S. The number of nitrogens with zero attached hydrogens (tertiary/aromatic N) is 2. The van der Waals surface area contributed by atoms with E-state index in [0.29, 0.717) is 5.56 Å². The summed E-state index contributed by atoms with van der Waals surface area (Å²) in [5, 5.41) is 9.92. The zero-order chi connectivity index (χ0) is 23.6. The fraction of sp³-hybridized carbons (Fsp3) is 0.321. The van der Waals surface area contributed by atoms with E-state index >= 15 is 0 Å². The van der Waals surface area contributed by atoms with E-state index in [1.54, 1.807) is 36.3 Å². The molecule has 2 aromatic carbocycles. The van der Waals surface area contributed by atoms with Crippen molar-refractivity contribution in [2.45, 2.75) is 62.3 Å². The van der Waals surface area contributed by atoms with Gasteiger partial charge in [0, 0.05) is 18.1 Å². The molecule has 5 heteroatoms. The van der Waals surface area contributed by atoms with E-state index in [-0.39, 0.29) is 10.8 Å². The van der Waals surface area contributed by atoms with Crippen LogP contribution in [0, 0.1) is 0 Å². The van der Waals surface area contributed by atoms with Gasteiger partial charge in [-0.1, -0.05) is 75.9 Å². The van der Waals surface area contributed by atoms with Crippen molar-refractivity contribution in [1.82, 2.24) is 9.97 Å². The molecule has 170 valence electrons. The summed E-state index contributed by atoms with van der Waals surface area (Å²) in [6, 6.07) is 13.6. The molecule has 1 aliphatic carbocycles. The minimum atomic E-state index is -0.910. The van der Waals surface area contributed by atoms with Crippen molar-refractivity contribution in [1.29, 1.82) is 0 Å². The number of aromatic nitrogens is 2. The molecule has 0 spiro atoms. The third-order valence-corrected chi connectivity index (χ3v) is 7.55. The van der Waals surface area contributed by atoms with Gasteiger partial charge in [0.2, 0.25) is 0 Å². The first kappa shape index (κ1) is 23.2. The number of aromatic carboxylic acids is 1. The van der Waals surface area contributed by atoms with E-state index in [9.17, 15) is 4.79 Å². The van der Waals surface area contributed by atoms with Gasteiger partial charge in [-0.2, -0.15) is 0 Å². The summed E-state index contributed by atoms with van der Waals surface area (Å²) in [6.07, 6.45) is 10.1. The van der Waals surface area contributed by atoms with Gasteiger partial charge in [-0.15, -0.1) is 0 Å². The van der Waals surface area contributed by atoms with Crippen molar-refractivity contribution in [3.8, 4) is 0 Å². The Morgan fingerprint density at radius 1 is 0.970 bits per heavy atom. The third-order valence-electron chi connectivity index (χ3n) is 6.62. The predicted octanol–water partition coefficient (Wildman–Crippen LogP) is 6.99. The topological polar surface area (TPSA) is 63.1 Å². The first-order valence-electron chi connectivity index (χ1n) is 11.2. The molecule has 0 unspecified atom stereocenters. The van der Waals surface area contributed by atoms with Crippen LogP contribution in [-0.2, 0) is 16.6 Å². The molecule has 0 bridgehead atoms. The molecule has 0 saturated carbocycles. The minimum Gasteiger partial charge on any atom is -0.478 e. The maximum Gasteiger partial charge on any atom is 0.335 e. The SMILES string of the molecule is CC1(C)CCC(C)(C)c2cc(CSc3ncccn3)c(C=Cc3ccc(C(=O)O)cc3)cc21. The number of benzene rings is 2. The summed E-state index contributed by atoms with van der Waals surface area (Å²) in [7, 11) is 0. The summed E-state index contributed by atoms with van der Waals surface area (Å²) < 4.78 is 0. The first-order valence-corrected chi connectivity index (χ1v) is 12.2. The monoisotopic (exact) mass is 458 g/mol. The Morgan fingerprint density at radius 2 is 1.58 bits per heavy atom. The lowest BCUT2D eigenvalue weighted by Gasteiger charge is -2.42. The molecule has 0 radical (unpaired) electrons. The molecule has 4 nitrogen and oxygen atoms in total. The maximum absolute atomic E-state index is 11.1. The Kier molecular flexibility index (Phi) is 6.44. The van der Waals surface area contributed by atoms with Gasteiger partial charge in [-0.25, -0.2) is 14.8 Å². The van der Waals surface area contributed by atoms with Gasteiger partial charge in [-0.3, -0.25) is 0 Å². The van der Waals surface area contributed by atoms with Crippen molar-refractivity contribution in [3.63, 3.8) is 0 Å². The summed E-state index contributed by atoms with van der Waals surface area (Å²) in [5.41, 5.74) is 6.84. The molecular weight excluding hydrogens is 428 g/mol. The van der Waals surface area contributed by atoms with Crippen LogP contribution in [0.5, 0.6) is 0 Å². The Morgan fingerprint density at radius 3 is 2.18 bits per heavy atom. The van der Waals surface area contributed by atoms with Crippen LogP contribution < -0.4 is 0 Å². The van der Waals surface area contributed by atoms with Crippen molar-refractivity contribution in [2.75, 3.05) is 0 Å². The van der Waals surface area contributed by atoms with E-state index in [2.05, 4.69) is 61.9 Å². The van der Waals surface area contributed by atoms with Gasteiger partial charge in [0.1, 0.15) is 0 Å². The summed E-state index contributed by atoms with van der Waals surface area (Å²) >= 11 is 1.64. The molecule has 0 aliphatic heterocycles. The molecule has 33 heavy (non-hydrogen) atoms. The molecule has 1 aromatic heterocycles. The lowest BCUT2D eigenvalue weighted by molar-refractivity contribution is 0.0697. The largest absolute Gasteiger partial charge is 0.478 e. The second-order valence-corrected chi connectivity index (χ2v) is 10.9. The van der Waals surface area contributed by atoms with E-state index in [4.69, 9.17) is 5.11 Å². The van der Waals surface area contributed by atoms with Crippen LogP contribution in [-0.4, -0.2) is 21.0 Å². The number of hydrogen-bond donors (Lipinski definition) is 1. The van der Waals surface area contributed by atoms with Crippen molar-refractivity contribution in [3.05, 3.63) is 88.2 Å². The highest BCUT2D eigenvalue weighted by molar-refractivity contribution is 7.98. The number of carboxylic acid groups (broad SMARTS) is 1. The van der Waals surface area contributed by atoms with Gasteiger partial charge in [-0.05, 0) is 69.7 Å². The molecule has 3 aromatic rings. The fourth-order valence-electron chi connectivity index (χ4n) is 4.38. The average Bonchev–Trinajstić information content (AvgIpc) is 2.80. The van der Waals surface area contributed by atoms with Crippen LogP contribution in [0.25, 0.3) is 12.2 Å². The van der Waals surface area contributed by atoms with Gasteiger partial charge in [0.05, 0.1) is 5.56 Å². The molecule has 1 N–H and O–H groups in total. The van der Waals surface area contributed by atoms with Gasteiger partial charge in [0.25, 0.3) is 0 Å². The number of rotatable bonds is 6. The molecule has 4 rings (SSSR count). The summed E-state index contributed by atoms with van der Waals surface area (Å²) in [6.45, 7) is 9.37. The third kappa shape index (κ3) is 5.19. The van der Waals surface area contributed by atoms with Gasteiger partial charge < -0.3 is 5.11 Å². The molecule has 1 aliphatic rings. The number of thioether (sulfide) groups is 1. The Bertz CT molecular complexity index is 1180. The van der Waals surface area contributed by atoms with Crippen LogP contribution >= 0.6 is 11.8 Å². The van der Waals surface area contributed by atoms with Crippen molar-refractivity contribution in [2.24, 2.45) is 0 Å². The lowest BCUT2D eigenvalue weighted by Crippen LogP contribution is -2.34. The molecule has 1 heterocycles. The highest BCUT2D eigenvalue weighted by Crippen LogP contribution is 2.47. The number of fused-ring (bicyclic) bond motifs is 1. The zero-order valence-corrected chi connectivity index (χ0v) is 20.4. The highest BCUT2D eigenvalue weighted by atomic mass is 32.2. The highest BCUT2D eigenvalue weighted by Gasteiger charge is 2.37. The smallest absolute Gasteiger partial charge is 0.335 e. The second kappa shape index (κ2) is 9.14. The second-order valence-electron chi connectivity index (χ2n) is 9.94. The predicted molar refractivity (Wildman–Crippen MR) is 136 cm³/mol. The molecule has 0 atom stereocenters. The van der Waals surface area contributed by atoms with Crippen LogP contribution in [0.15, 0.2) is 60.0 Å². The van der Waals surface area contributed by atoms with E-state index in [0.717, 1.165) is 16.5 Å². The summed E-state index contributed by atoms with van der Waals surface area (Å²) in [5.74, 6) is -0.127. The van der Waals surface area contributed by atoms with Crippen LogP contribution in [0.1, 0.15) is 78.7 Å². The van der Waals surface area contributed by atoms with Gasteiger partial charge in [0.15, 0.2) is 5.16 Å². The minimum absolute atomic E-state index is 0.130. The number of carboxylic acids is 1.